The number of Topliss-reactive ketones (excluding diaryl/α,β-unsaturated/α-hetero) is 1. The Morgan fingerprint density at radius 2 is 1.02 bits per heavy atom. The molecule has 9 nitrogen and oxygen atoms in total. The number of rotatable bonds is 8. The fraction of sp³-hybridized carbons (Fsp3) is 0.290. The molecule has 0 radical (unpaired) electrons. The van der Waals surface area contributed by atoms with E-state index >= 15 is 0 Å². The third-order valence-corrected chi connectivity index (χ3v) is 6.62. The molecule has 1 N–H and O–H groups in total. The first-order valence-corrected chi connectivity index (χ1v) is 14.3. The summed E-state index contributed by atoms with van der Waals surface area (Å²) in [4.78, 5) is 40.6. The number of carbonyl (C=O) groups excluding carboxylic acids is 3. The molecule has 0 heterocycles. The third kappa shape index (κ3) is 8.84. The summed E-state index contributed by atoms with van der Waals surface area (Å²) in [5, 5.41) is 4.00. The monoisotopic (exact) mass is 578 g/mol. The average molecular weight is 579 g/mol. The largest absolute Gasteiger partial charge is 0.456 e. The number of hydrogen-bond donors (Lipinski definition) is 1. The maximum absolute atomic E-state index is 13.6. The first-order chi connectivity index (χ1) is 18.9. The van der Waals surface area contributed by atoms with Crippen molar-refractivity contribution in [3.8, 4) is 0 Å². The zero-order valence-electron chi connectivity index (χ0n) is 24.1. The minimum atomic E-state index is -4.10. The molecular weight excluding hydrogens is 544 g/mol. The molecule has 216 valence electrons. The van der Waals surface area contributed by atoms with Crippen LogP contribution in [0, 0.1) is 6.92 Å². The van der Waals surface area contributed by atoms with Gasteiger partial charge in [-0.3, -0.25) is 4.79 Å². The van der Waals surface area contributed by atoms with Crippen molar-refractivity contribution in [1.82, 2.24) is 4.83 Å². The van der Waals surface area contributed by atoms with Crippen molar-refractivity contribution >= 4 is 33.5 Å². The lowest BCUT2D eigenvalue weighted by Crippen LogP contribution is -2.25. The highest BCUT2D eigenvalue weighted by Gasteiger charge is 2.23. The molecule has 0 aliphatic carbocycles. The van der Waals surface area contributed by atoms with Crippen molar-refractivity contribution in [1.29, 1.82) is 0 Å². The standard InChI is InChI=1S/C31H34N2O7S/c1-20-8-18-25(19-9-20)41(37,38)33-32-26(21-10-14-23(15-11-21)28(35)39-30(2,3)4)27(34)22-12-16-24(17-13-22)29(36)40-31(5,6)7/h8-19,33H,1-7H3. The minimum absolute atomic E-state index is 0.0272. The number of nitrogens with one attached hydrogen (secondary N) is 1. The molecular formula is C31H34N2O7S. The summed E-state index contributed by atoms with van der Waals surface area (Å²) in [5.41, 5.74) is 0.176. The summed E-state index contributed by atoms with van der Waals surface area (Å²) in [5.74, 6) is -1.71. The van der Waals surface area contributed by atoms with Gasteiger partial charge in [0, 0.05) is 11.1 Å². The number of esters is 2. The zero-order valence-corrected chi connectivity index (χ0v) is 25.0. The van der Waals surface area contributed by atoms with Crippen LogP contribution in [-0.4, -0.2) is 43.1 Å². The Labute approximate surface area is 240 Å². The molecule has 0 aromatic heterocycles. The van der Waals surface area contributed by atoms with Gasteiger partial charge in [0.2, 0.25) is 5.78 Å². The van der Waals surface area contributed by atoms with Gasteiger partial charge in [0.25, 0.3) is 10.0 Å². The van der Waals surface area contributed by atoms with E-state index in [0.717, 1.165) is 5.56 Å². The van der Waals surface area contributed by atoms with Crippen molar-refractivity contribution in [2.45, 2.75) is 64.6 Å². The number of aryl methyl sites for hydroxylation is 1. The van der Waals surface area contributed by atoms with Crippen LogP contribution >= 0.6 is 0 Å². The average Bonchev–Trinajstić information content (AvgIpc) is 2.87. The highest BCUT2D eigenvalue weighted by atomic mass is 32.2. The van der Waals surface area contributed by atoms with E-state index in [2.05, 4.69) is 9.93 Å². The van der Waals surface area contributed by atoms with Gasteiger partial charge in [-0.05, 0) is 84.9 Å². The van der Waals surface area contributed by atoms with E-state index in [0.29, 0.717) is 0 Å². The van der Waals surface area contributed by atoms with Crippen LogP contribution in [-0.2, 0) is 19.5 Å². The van der Waals surface area contributed by atoms with E-state index in [1.807, 2.05) is 6.92 Å². The van der Waals surface area contributed by atoms with Crippen LogP contribution in [0.1, 0.15) is 83.7 Å². The van der Waals surface area contributed by atoms with Crippen LogP contribution in [0.15, 0.2) is 82.8 Å². The summed E-state index contributed by atoms with van der Waals surface area (Å²) in [7, 11) is -4.10. The van der Waals surface area contributed by atoms with Gasteiger partial charge in [-0.15, -0.1) is 0 Å². The van der Waals surface area contributed by atoms with Crippen LogP contribution in [0.3, 0.4) is 0 Å². The molecule has 0 amide bonds. The molecule has 3 aromatic rings. The molecule has 0 saturated heterocycles. The Hall–Kier alpha value is -4.31. The van der Waals surface area contributed by atoms with Crippen molar-refractivity contribution in [2.75, 3.05) is 0 Å². The van der Waals surface area contributed by atoms with Gasteiger partial charge in [-0.25, -0.2) is 9.59 Å². The number of ketones is 1. The van der Waals surface area contributed by atoms with Gasteiger partial charge in [-0.1, -0.05) is 42.0 Å². The summed E-state index contributed by atoms with van der Waals surface area (Å²) in [6.07, 6.45) is 0. The van der Waals surface area contributed by atoms with E-state index in [-0.39, 0.29) is 32.9 Å². The van der Waals surface area contributed by atoms with Gasteiger partial charge in [-0.2, -0.15) is 18.4 Å². The highest BCUT2D eigenvalue weighted by molar-refractivity contribution is 7.89. The molecule has 0 saturated carbocycles. The van der Waals surface area contributed by atoms with Gasteiger partial charge in [0.1, 0.15) is 16.9 Å². The zero-order chi connectivity index (χ0) is 30.6. The molecule has 0 aliphatic rings. The smallest absolute Gasteiger partial charge is 0.338 e. The minimum Gasteiger partial charge on any atom is -0.456 e. The van der Waals surface area contributed by atoms with E-state index in [1.54, 1.807) is 53.7 Å². The first kappa shape index (κ1) is 31.2. The van der Waals surface area contributed by atoms with Crippen LogP contribution in [0.5, 0.6) is 0 Å². The van der Waals surface area contributed by atoms with Gasteiger partial charge >= 0.3 is 11.9 Å². The fourth-order valence-electron chi connectivity index (χ4n) is 3.45. The van der Waals surface area contributed by atoms with Crippen LogP contribution in [0.4, 0.5) is 0 Å². The third-order valence-electron chi connectivity index (χ3n) is 5.40. The Kier molecular flexibility index (Phi) is 9.18. The highest BCUT2D eigenvalue weighted by Crippen LogP contribution is 2.18. The van der Waals surface area contributed by atoms with Gasteiger partial charge in [0.15, 0.2) is 0 Å². The quantitative estimate of drug-likeness (QED) is 0.162. The summed E-state index contributed by atoms with van der Waals surface area (Å²) >= 11 is 0. The Morgan fingerprint density at radius 1 is 0.634 bits per heavy atom. The SMILES string of the molecule is Cc1ccc(S(=O)(=O)NN=C(C(=O)c2ccc(C(=O)OC(C)(C)C)cc2)c2ccc(C(=O)OC(C)(C)C)cc2)cc1. The number of ether oxygens (including phenoxy) is 2. The predicted molar refractivity (Wildman–Crippen MR) is 156 cm³/mol. The molecule has 0 aliphatic heterocycles. The lowest BCUT2D eigenvalue weighted by Gasteiger charge is -2.19. The maximum atomic E-state index is 13.6. The van der Waals surface area contributed by atoms with Gasteiger partial charge in [0.05, 0.1) is 16.0 Å². The lowest BCUT2D eigenvalue weighted by atomic mass is 9.99. The number of hydrazone groups is 1. The second kappa shape index (κ2) is 12.1. The molecule has 41 heavy (non-hydrogen) atoms. The maximum Gasteiger partial charge on any atom is 0.338 e. The van der Waals surface area contributed by atoms with E-state index in [4.69, 9.17) is 9.47 Å². The molecule has 0 fully saturated rings. The van der Waals surface area contributed by atoms with Crippen molar-refractivity contribution in [2.24, 2.45) is 5.10 Å². The summed E-state index contributed by atoms with van der Waals surface area (Å²) in [6.45, 7) is 12.3. The van der Waals surface area contributed by atoms with Crippen LogP contribution < -0.4 is 4.83 Å². The molecule has 0 bridgehead atoms. The second-order valence-corrected chi connectivity index (χ2v) is 13.0. The fourth-order valence-corrected chi connectivity index (χ4v) is 4.27. The summed E-state index contributed by atoms with van der Waals surface area (Å²) < 4.78 is 36.6. The predicted octanol–water partition coefficient (Wildman–Crippen LogP) is 5.47. The second-order valence-electron chi connectivity index (χ2n) is 11.4. The number of sulfonamides is 1. The normalized spacial score (nSPS) is 12.4. The Morgan fingerprint density at radius 3 is 1.44 bits per heavy atom. The first-order valence-electron chi connectivity index (χ1n) is 12.8. The van der Waals surface area contributed by atoms with Crippen molar-refractivity contribution < 1.29 is 32.3 Å². The van der Waals surface area contributed by atoms with Crippen molar-refractivity contribution in [3.05, 3.63) is 101 Å². The van der Waals surface area contributed by atoms with Crippen molar-refractivity contribution in [3.63, 3.8) is 0 Å². The molecule has 3 aromatic carbocycles. The number of nitrogens with zero attached hydrogens (tertiary/aromatic N) is 1. The number of hydrogen-bond acceptors (Lipinski definition) is 8. The van der Waals surface area contributed by atoms with E-state index < -0.39 is 38.9 Å². The van der Waals surface area contributed by atoms with E-state index in [1.165, 1.54) is 60.7 Å². The Balaban J connectivity index is 1.98. The lowest BCUT2D eigenvalue weighted by molar-refractivity contribution is 0.00570. The Bertz CT molecular complexity index is 1560. The summed E-state index contributed by atoms with van der Waals surface area (Å²) in [6, 6.07) is 17.8. The number of benzene rings is 3. The number of carbonyl (C=O) groups is 3. The van der Waals surface area contributed by atoms with Crippen LogP contribution in [0.2, 0.25) is 0 Å². The topological polar surface area (TPSA) is 128 Å². The van der Waals surface area contributed by atoms with Crippen LogP contribution in [0.25, 0.3) is 0 Å². The van der Waals surface area contributed by atoms with E-state index in [9.17, 15) is 22.8 Å². The molecule has 0 unspecified atom stereocenters. The molecule has 3 rings (SSSR count). The molecule has 0 spiro atoms. The molecule has 0 atom stereocenters. The van der Waals surface area contributed by atoms with Gasteiger partial charge < -0.3 is 9.47 Å². The molecule has 10 heteroatoms.